The molecule has 5 nitrogen and oxygen atoms in total. The third-order valence-corrected chi connectivity index (χ3v) is 6.28. The van der Waals surface area contributed by atoms with Crippen molar-refractivity contribution in [2.75, 3.05) is 7.11 Å². The first-order chi connectivity index (χ1) is 14.6. The minimum atomic E-state index is 0.369. The second-order valence-corrected chi connectivity index (χ2v) is 8.25. The normalized spacial score (nSPS) is 18.5. The molecule has 3 aromatic rings. The molecule has 1 heterocycles. The molecule has 0 aliphatic heterocycles. The molecule has 0 saturated heterocycles. The molecule has 0 spiro atoms. The monoisotopic (exact) mass is 403 g/mol. The van der Waals surface area contributed by atoms with Gasteiger partial charge in [-0.1, -0.05) is 37.3 Å². The number of benzene rings is 2. The van der Waals surface area contributed by atoms with Gasteiger partial charge in [-0.25, -0.2) is 0 Å². The fraction of sp³-hybridized carbons (Fsp3) is 0.400. The van der Waals surface area contributed by atoms with E-state index in [1.807, 2.05) is 19.3 Å². The van der Waals surface area contributed by atoms with Gasteiger partial charge in [0.1, 0.15) is 17.9 Å². The van der Waals surface area contributed by atoms with Gasteiger partial charge in [-0.15, -0.1) is 10.2 Å². The lowest BCUT2D eigenvalue weighted by molar-refractivity contribution is -0.119. The van der Waals surface area contributed by atoms with Crippen LogP contribution in [0.2, 0.25) is 0 Å². The number of rotatable bonds is 7. The van der Waals surface area contributed by atoms with Crippen LogP contribution in [0.25, 0.3) is 22.5 Å². The van der Waals surface area contributed by atoms with E-state index in [1.165, 1.54) is 16.7 Å². The summed E-state index contributed by atoms with van der Waals surface area (Å²) in [4.78, 5) is 11.8. The number of hydrogen-bond acceptors (Lipinski definition) is 4. The highest BCUT2D eigenvalue weighted by Crippen LogP contribution is 2.38. The highest BCUT2D eigenvalue weighted by Gasteiger charge is 2.28. The zero-order chi connectivity index (χ0) is 21.1. The summed E-state index contributed by atoms with van der Waals surface area (Å²) in [5.74, 6) is 2.63. The van der Waals surface area contributed by atoms with E-state index >= 15 is 0 Å². The maximum atomic E-state index is 11.8. The average Bonchev–Trinajstić information content (AvgIpc) is 3.43. The standard InChI is InChI=1S/C25H29N3O2/c1-4-22(29)15-18-5-10-21(14-18)28-16-26-27-25(28)20-8-6-19(7-9-20)24-12-11-23(30-3)13-17(24)2/h6-9,11-13,16,18,21H,4-5,10,14-15H2,1-3H3/t18-,21+/m0/s1. The van der Waals surface area contributed by atoms with Crippen LogP contribution >= 0.6 is 0 Å². The zero-order valence-electron chi connectivity index (χ0n) is 18.0. The van der Waals surface area contributed by atoms with Crippen molar-refractivity contribution in [2.45, 2.75) is 52.0 Å². The minimum Gasteiger partial charge on any atom is -0.497 e. The smallest absolute Gasteiger partial charge is 0.164 e. The number of aromatic nitrogens is 3. The summed E-state index contributed by atoms with van der Waals surface area (Å²) in [5.41, 5.74) is 4.62. The molecule has 2 aromatic carbocycles. The first-order valence-electron chi connectivity index (χ1n) is 10.8. The third-order valence-electron chi connectivity index (χ3n) is 6.28. The van der Waals surface area contributed by atoms with Crippen LogP contribution in [-0.2, 0) is 4.79 Å². The van der Waals surface area contributed by atoms with Crippen molar-refractivity contribution >= 4 is 5.78 Å². The molecule has 4 rings (SSSR count). The van der Waals surface area contributed by atoms with Gasteiger partial charge in [0.05, 0.1) is 7.11 Å². The number of hydrogen-bond donors (Lipinski definition) is 0. The SMILES string of the molecule is CCC(=O)C[C@H]1CC[C@@H](n2cnnc2-c2ccc(-c3ccc(OC)cc3C)cc2)C1. The van der Waals surface area contributed by atoms with Gasteiger partial charge in [0.2, 0.25) is 0 Å². The fourth-order valence-corrected chi connectivity index (χ4v) is 4.56. The first kappa shape index (κ1) is 20.3. The average molecular weight is 404 g/mol. The molecule has 1 saturated carbocycles. The number of nitrogens with zero attached hydrogens (tertiary/aromatic N) is 3. The maximum absolute atomic E-state index is 11.8. The molecule has 156 valence electrons. The summed E-state index contributed by atoms with van der Waals surface area (Å²) in [5, 5.41) is 8.60. The minimum absolute atomic E-state index is 0.369. The van der Waals surface area contributed by atoms with Gasteiger partial charge in [-0.05, 0) is 60.9 Å². The summed E-state index contributed by atoms with van der Waals surface area (Å²) in [7, 11) is 1.69. The van der Waals surface area contributed by atoms with Crippen molar-refractivity contribution in [3.63, 3.8) is 0 Å². The van der Waals surface area contributed by atoms with E-state index in [-0.39, 0.29) is 0 Å². The first-order valence-corrected chi connectivity index (χ1v) is 10.8. The van der Waals surface area contributed by atoms with E-state index in [0.717, 1.165) is 36.4 Å². The Balaban J connectivity index is 1.53. The van der Waals surface area contributed by atoms with Gasteiger partial charge >= 0.3 is 0 Å². The Labute approximate surface area is 178 Å². The molecule has 0 bridgehead atoms. The number of ether oxygens (including phenoxy) is 1. The Morgan fingerprint density at radius 2 is 1.90 bits per heavy atom. The Kier molecular flexibility index (Phi) is 5.98. The van der Waals surface area contributed by atoms with E-state index in [0.29, 0.717) is 30.6 Å². The molecule has 0 amide bonds. The molecule has 30 heavy (non-hydrogen) atoms. The number of methoxy groups -OCH3 is 1. The number of carbonyl (C=O) groups is 1. The molecule has 0 N–H and O–H groups in total. The van der Waals surface area contributed by atoms with Crippen molar-refractivity contribution in [1.29, 1.82) is 0 Å². The predicted molar refractivity (Wildman–Crippen MR) is 118 cm³/mol. The Morgan fingerprint density at radius 1 is 1.13 bits per heavy atom. The fourth-order valence-electron chi connectivity index (χ4n) is 4.56. The van der Waals surface area contributed by atoms with Crippen molar-refractivity contribution in [3.8, 4) is 28.3 Å². The van der Waals surface area contributed by atoms with Gasteiger partial charge in [-0.2, -0.15) is 0 Å². The van der Waals surface area contributed by atoms with Gasteiger partial charge in [0.25, 0.3) is 0 Å². The molecule has 5 heteroatoms. The van der Waals surface area contributed by atoms with Crippen molar-refractivity contribution in [3.05, 3.63) is 54.4 Å². The lowest BCUT2D eigenvalue weighted by Crippen LogP contribution is -2.08. The second kappa shape index (κ2) is 8.82. The van der Waals surface area contributed by atoms with Crippen LogP contribution in [0.4, 0.5) is 0 Å². The van der Waals surface area contributed by atoms with Crippen LogP contribution in [0, 0.1) is 12.8 Å². The van der Waals surface area contributed by atoms with E-state index in [9.17, 15) is 4.79 Å². The van der Waals surface area contributed by atoms with Crippen molar-refractivity contribution < 1.29 is 9.53 Å². The van der Waals surface area contributed by atoms with E-state index in [2.05, 4.69) is 58.1 Å². The lowest BCUT2D eigenvalue weighted by Gasteiger charge is -2.15. The molecule has 0 radical (unpaired) electrons. The van der Waals surface area contributed by atoms with E-state index < -0.39 is 0 Å². The Hall–Kier alpha value is -2.95. The Morgan fingerprint density at radius 3 is 2.60 bits per heavy atom. The topological polar surface area (TPSA) is 57.0 Å². The number of Topliss-reactive ketones (excluding diaryl/α,β-unsaturated/α-hetero) is 1. The zero-order valence-corrected chi connectivity index (χ0v) is 18.0. The molecular formula is C25H29N3O2. The van der Waals surface area contributed by atoms with Gasteiger partial charge in [-0.3, -0.25) is 4.79 Å². The second-order valence-electron chi connectivity index (χ2n) is 8.25. The Bertz CT molecular complexity index is 1020. The highest BCUT2D eigenvalue weighted by molar-refractivity contribution is 5.78. The van der Waals surface area contributed by atoms with Crippen molar-refractivity contribution in [2.24, 2.45) is 5.92 Å². The molecule has 2 atom stereocenters. The number of aryl methyl sites for hydroxylation is 1. The number of ketones is 1. The summed E-state index contributed by atoms with van der Waals surface area (Å²) in [6, 6.07) is 15.0. The van der Waals surface area contributed by atoms with E-state index in [4.69, 9.17) is 4.74 Å². The van der Waals surface area contributed by atoms with Crippen LogP contribution in [-0.4, -0.2) is 27.7 Å². The molecule has 1 aliphatic carbocycles. The van der Waals surface area contributed by atoms with Crippen LogP contribution in [0.5, 0.6) is 5.75 Å². The largest absolute Gasteiger partial charge is 0.497 e. The summed E-state index contributed by atoms with van der Waals surface area (Å²) < 4.78 is 7.51. The van der Waals surface area contributed by atoms with Crippen molar-refractivity contribution in [1.82, 2.24) is 14.8 Å². The lowest BCUT2D eigenvalue weighted by atomic mass is 9.99. The molecule has 0 unspecified atom stereocenters. The van der Waals surface area contributed by atoms with Crippen LogP contribution in [0.3, 0.4) is 0 Å². The van der Waals surface area contributed by atoms with Gasteiger partial charge < -0.3 is 9.30 Å². The molecule has 1 aromatic heterocycles. The van der Waals surface area contributed by atoms with Gasteiger partial charge in [0.15, 0.2) is 5.82 Å². The molecular weight excluding hydrogens is 374 g/mol. The number of carbonyl (C=O) groups excluding carboxylic acids is 1. The summed E-state index contributed by atoms with van der Waals surface area (Å²) >= 11 is 0. The molecule has 1 fully saturated rings. The van der Waals surface area contributed by atoms with Gasteiger partial charge in [0, 0.05) is 24.4 Å². The summed E-state index contributed by atoms with van der Waals surface area (Å²) in [6.07, 6.45) is 6.39. The predicted octanol–water partition coefficient (Wildman–Crippen LogP) is 5.64. The molecule has 1 aliphatic rings. The van der Waals surface area contributed by atoms with Crippen LogP contribution < -0.4 is 4.74 Å². The quantitative estimate of drug-likeness (QED) is 0.512. The van der Waals surface area contributed by atoms with Crippen LogP contribution in [0.1, 0.15) is 50.6 Å². The summed E-state index contributed by atoms with van der Waals surface area (Å²) in [6.45, 7) is 4.05. The third kappa shape index (κ3) is 4.16. The van der Waals surface area contributed by atoms with Crippen LogP contribution in [0.15, 0.2) is 48.8 Å². The van der Waals surface area contributed by atoms with E-state index in [1.54, 1.807) is 7.11 Å². The highest BCUT2D eigenvalue weighted by atomic mass is 16.5. The maximum Gasteiger partial charge on any atom is 0.164 e.